The highest BCUT2D eigenvalue weighted by atomic mass is 16.2. The maximum atomic E-state index is 12.8. The maximum absolute atomic E-state index is 12.8. The molecule has 1 aliphatic rings. The van der Waals surface area contributed by atoms with Crippen molar-refractivity contribution in [3.8, 4) is 0 Å². The molecular weight excluding hydrogens is 392 g/mol. The van der Waals surface area contributed by atoms with Crippen molar-refractivity contribution in [3.63, 3.8) is 0 Å². The fourth-order valence-corrected chi connectivity index (χ4v) is 3.91. The number of carbonyl (C=O) groups is 2. The Balaban J connectivity index is 1.39. The average Bonchev–Trinajstić information content (AvgIpc) is 3.37. The Labute approximate surface area is 178 Å². The molecule has 31 heavy (non-hydrogen) atoms. The maximum Gasteiger partial charge on any atom is 0.274 e. The van der Waals surface area contributed by atoms with Gasteiger partial charge in [-0.05, 0) is 37.6 Å². The zero-order valence-corrected chi connectivity index (χ0v) is 17.2. The third-order valence-corrected chi connectivity index (χ3v) is 5.72. The van der Waals surface area contributed by atoms with E-state index in [1.54, 1.807) is 23.1 Å². The van der Waals surface area contributed by atoms with Gasteiger partial charge in [0.25, 0.3) is 11.8 Å². The first-order valence-corrected chi connectivity index (χ1v) is 10.2. The number of hydrogen-bond acceptors (Lipinski definition) is 4. The summed E-state index contributed by atoms with van der Waals surface area (Å²) in [7, 11) is 0. The highest BCUT2D eigenvalue weighted by molar-refractivity contribution is 6.05. The molecule has 156 valence electrons. The number of amides is 2. The quantitative estimate of drug-likeness (QED) is 0.536. The summed E-state index contributed by atoms with van der Waals surface area (Å²) in [6.45, 7) is 4.61. The fourth-order valence-electron chi connectivity index (χ4n) is 3.91. The number of fused-ring (bicyclic) bond motifs is 3. The summed E-state index contributed by atoms with van der Waals surface area (Å²) in [4.78, 5) is 29.8. The smallest absolute Gasteiger partial charge is 0.274 e. The molecule has 0 unspecified atom stereocenters. The van der Waals surface area contributed by atoms with Crippen molar-refractivity contribution in [2.24, 2.45) is 0 Å². The van der Waals surface area contributed by atoms with Gasteiger partial charge in [0.2, 0.25) is 0 Å². The van der Waals surface area contributed by atoms with Gasteiger partial charge in [-0.3, -0.25) is 14.3 Å². The van der Waals surface area contributed by atoms with Gasteiger partial charge in [0.1, 0.15) is 17.0 Å². The second-order valence-corrected chi connectivity index (χ2v) is 7.88. The lowest BCUT2D eigenvalue weighted by atomic mass is 10.1. The number of carbonyl (C=O) groups excluding carboxylic acids is 2. The van der Waals surface area contributed by atoms with Crippen LogP contribution in [0, 0.1) is 0 Å². The first-order valence-electron chi connectivity index (χ1n) is 10.2. The summed E-state index contributed by atoms with van der Waals surface area (Å²) in [5.74, 6) is -0.446. The lowest BCUT2D eigenvalue weighted by Crippen LogP contribution is -2.44. The van der Waals surface area contributed by atoms with Crippen LogP contribution in [0.3, 0.4) is 0 Å². The first kappa shape index (κ1) is 19.0. The molecule has 0 fully saturated rings. The van der Waals surface area contributed by atoms with Crippen LogP contribution in [0.5, 0.6) is 0 Å². The molecule has 2 atom stereocenters. The third kappa shape index (κ3) is 3.46. The summed E-state index contributed by atoms with van der Waals surface area (Å²) in [5.41, 5.74) is 3.21. The Kier molecular flexibility index (Phi) is 4.54. The Bertz CT molecular complexity index is 1290. The van der Waals surface area contributed by atoms with E-state index < -0.39 is 0 Å². The number of anilines is 1. The molecule has 3 aromatic heterocycles. The second kappa shape index (κ2) is 7.39. The standard InChI is InChI=1S/C23H22N6O2/c1-14-15(2)29-20(23(31)25-14)10-17-8-9-19(27-21(17)29)22(30)26-18-11-24-28(13-18)12-16-6-4-3-5-7-16/h3-11,13-15H,12H2,1-2H3,(H,25,31)(H,26,30)/t14-,15+/m0/s1. The summed E-state index contributed by atoms with van der Waals surface area (Å²) in [5, 5.41) is 11.0. The molecule has 1 aliphatic heterocycles. The summed E-state index contributed by atoms with van der Waals surface area (Å²) in [6.07, 6.45) is 3.41. The number of rotatable bonds is 4. The van der Waals surface area contributed by atoms with E-state index in [2.05, 4.69) is 20.7 Å². The number of aromatic nitrogens is 4. The Morgan fingerprint density at radius 2 is 1.97 bits per heavy atom. The van der Waals surface area contributed by atoms with Gasteiger partial charge in [0.15, 0.2) is 0 Å². The van der Waals surface area contributed by atoms with Crippen LogP contribution in [0.2, 0.25) is 0 Å². The van der Waals surface area contributed by atoms with E-state index in [-0.39, 0.29) is 29.6 Å². The molecule has 0 aliphatic carbocycles. The zero-order valence-electron chi connectivity index (χ0n) is 17.2. The first-order chi connectivity index (χ1) is 15.0. The van der Waals surface area contributed by atoms with Gasteiger partial charge in [0, 0.05) is 17.6 Å². The highest BCUT2D eigenvalue weighted by Crippen LogP contribution is 2.28. The molecule has 2 amide bonds. The highest BCUT2D eigenvalue weighted by Gasteiger charge is 2.30. The Morgan fingerprint density at radius 1 is 1.16 bits per heavy atom. The second-order valence-electron chi connectivity index (χ2n) is 7.88. The van der Waals surface area contributed by atoms with Crippen molar-refractivity contribution in [1.82, 2.24) is 24.6 Å². The van der Waals surface area contributed by atoms with Crippen LogP contribution in [0.25, 0.3) is 11.0 Å². The molecule has 1 aromatic carbocycles. The number of nitrogens with zero attached hydrogens (tertiary/aromatic N) is 4. The predicted octanol–water partition coefficient (Wildman–Crippen LogP) is 3.23. The summed E-state index contributed by atoms with van der Waals surface area (Å²) < 4.78 is 3.68. The van der Waals surface area contributed by atoms with Crippen molar-refractivity contribution in [1.29, 1.82) is 0 Å². The Morgan fingerprint density at radius 3 is 2.77 bits per heavy atom. The molecule has 2 N–H and O–H groups in total. The molecule has 8 nitrogen and oxygen atoms in total. The van der Waals surface area contributed by atoms with Crippen LogP contribution in [0.15, 0.2) is 60.9 Å². The molecule has 0 bridgehead atoms. The number of benzene rings is 1. The molecular formula is C23H22N6O2. The van der Waals surface area contributed by atoms with Crippen molar-refractivity contribution in [2.75, 3.05) is 5.32 Å². The van der Waals surface area contributed by atoms with Gasteiger partial charge >= 0.3 is 0 Å². The Hall–Kier alpha value is -3.94. The number of nitrogens with one attached hydrogen (secondary N) is 2. The van der Waals surface area contributed by atoms with Crippen molar-refractivity contribution < 1.29 is 9.59 Å². The SMILES string of the molecule is C[C@@H]1NC(=O)c2cc3ccc(C(=O)Nc4cnn(Cc5ccccc5)c4)nc3n2[C@@H]1C. The summed E-state index contributed by atoms with van der Waals surface area (Å²) in [6, 6.07) is 15.3. The lowest BCUT2D eigenvalue weighted by molar-refractivity contribution is 0.0891. The number of pyridine rings is 1. The van der Waals surface area contributed by atoms with E-state index in [9.17, 15) is 9.59 Å². The van der Waals surface area contributed by atoms with Gasteiger partial charge in [-0.25, -0.2) is 4.98 Å². The average molecular weight is 414 g/mol. The van der Waals surface area contributed by atoms with E-state index >= 15 is 0 Å². The minimum Gasteiger partial charge on any atom is -0.346 e. The van der Waals surface area contributed by atoms with Gasteiger partial charge in [-0.1, -0.05) is 30.3 Å². The lowest BCUT2D eigenvalue weighted by Gasteiger charge is -2.29. The molecule has 8 heteroatoms. The van der Waals surface area contributed by atoms with Crippen LogP contribution in [-0.4, -0.2) is 37.2 Å². The molecule has 0 radical (unpaired) electrons. The molecule has 0 saturated heterocycles. The van der Waals surface area contributed by atoms with Crippen molar-refractivity contribution >= 4 is 28.5 Å². The zero-order chi connectivity index (χ0) is 21.5. The van der Waals surface area contributed by atoms with Crippen LogP contribution in [0.1, 0.15) is 46.4 Å². The van der Waals surface area contributed by atoms with Crippen LogP contribution in [0.4, 0.5) is 5.69 Å². The molecule has 0 spiro atoms. The predicted molar refractivity (Wildman–Crippen MR) is 117 cm³/mol. The molecule has 4 heterocycles. The van der Waals surface area contributed by atoms with Crippen molar-refractivity contribution in [3.05, 3.63) is 77.9 Å². The molecule has 4 aromatic rings. The van der Waals surface area contributed by atoms with E-state index in [4.69, 9.17) is 0 Å². The van der Waals surface area contributed by atoms with E-state index in [1.165, 1.54) is 0 Å². The van der Waals surface area contributed by atoms with E-state index in [1.807, 2.05) is 60.9 Å². The molecule has 5 rings (SSSR count). The van der Waals surface area contributed by atoms with Gasteiger partial charge < -0.3 is 15.2 Å². The largest absolute Gasteiger partial charge is 0.346 e. The minimum atomic E-state index is -0.322. The van der Waals surface area contributed by atoms with Gasteiger partial charge in [-0.15, -0.1) is 0 Å². The normalized spacial score (nSPS) is 17.9. The van der Waals surface area contributed by atoms with Gasteiger partial charge in [0.05, 0.1) is 24.5 Å². The van der Waals surface area contributed by atoms with Crippen LogP contribution < -0.4 is 10.6 Å². The van der Waals surface area contributed by atoms with Gasteiger partial charge in [-0.2, -0.15) is 5.10 Å². The monoisotopic (exact) mass is 414 g/mol. The van der Waals surface area contributed by atoms with Crippen molar-refractivity contribution in [2.45, 2.75) is 32.5 Å². The topological polar surface area (TPSA) is 93.8 Å². The molecule has 0 saturated carbocycles. The van der Waals surface area contributed by atoms with Crippen LogP contribution >= 0.6 is 0 Å². The fraction of sp³-hybridized carbons (Fsp3) is 0.217. The number of hydrogen-bond donors (Lipinski definition) is 2. The minimum absolute atomic E-state index is 0.0228. The summed E-state index contributed by atoms with van der Waals surface area (Å²) >= 11 is 0. The third-order valence-electron chi connectivity index (χ3n) is 5.72. The van der Waals surface area contributed by atoms with E-state index in [0.29, 0.717) is 23.6 Å². The van der Waals surface area contributed by atoms with E-state index in [0.717, 1.165) is 10.9 Å². The van der Waals surface area contributed by atoms with Crippen LogP contribution in [-0.2, 0) is 6.54 Å².